The van der Waals surface area contributed by atoms with Crippen LogP contribution >= 0.6 is 11.8 Å². The van der Waals surface area contributed by atoms with Crippen LogP contribution in [-0.2, 0) is 14.6 Å². The fraction of sp³-hybridized carbons (Fsp3) is 0.158. The summed E-state index contributed by atoms with van der Waals surface area (Å²) in [5.74, 6) is -0.512. The Hall–Kier alpha value is -2.45. The maximum atomic E-state index is 13.2. The molecular formula is C19H17FN2O3S2. The molecule has 0 atom stereocenters. The first-order valence-corrected chi connectivity index (χ1v) is 11.1. The lowest BCUT2D eigenvalue weighted by molar-refractivity contribution is -0.113. The summed E-state index contributed by atoms with van der Waals surface area (Å²) in [6.45, 7) is 0. The van der Waals surface area contributed by atoms with Crippen LogP contribution in [0.15, 0.2) is 65.3 Å². The number of aliphatic imine (C=N–C) groups is 1. The van der Waals surface area contributed by atoms with Crippen molar-refractivity contribution in [1.29, 1.82) is 0 Å². The van der Waals surface area contributed by atoms with E-state index < -0.39 is 15.7 Å². The smallest absolute Gasteiger partial charge is 0.266 e. The Bertz CT molecular complexity index is 1000. The summed E-state index contributed by atoms with van der Waals surface area (Å²) in [7, 11) is -3.12. The van der Waals surface area contributed by atoms with Crippen LogP contribution in [0.4, 0.5) is 10.1 Å². The number of halogens is 1. The fourth-order valence-corrected chi connectivity index (χ4v) is 4.61. The molecule has 0 aromatic heterocycles. The third-order valence-electron chi connectivity index (χ3n) is 3.70. The fourth-order valence-electron chi connectivity index (χ4n) is 2.40. The zero-order valence-electron chi connectivity index (χ0n) is 14.5. The van der Waals surface area contributed by atoms with Crippen LogP contribution < -0.4 is 4.90 Å². The molecule has 0 aliphatic carbocycles. The summed E-state index contributed by atoms with van der Waals surface area (Å²) >= 11 is 1.18. The Morgan fingerprint density at radius 3 is 2.41 bits per heavy atom. The Labute approximate surface area is 161 Å². The first-order valence-electron chi connectivity index (χ1n) is 8.09. The summed E-state index contributed by atoms with van der Waals surface area (Å²) in [4.78, 5) is 18.7. The van der Waals surface area contributed by atoms with Crippen LogP contribution in [0.25, 0.3) is 6.08 Å². The van der Waals surface area contributed by atoms with Crippen molar-refractivity contribution in [2.45, 2.75) is 0 Å². The van der Waals surface area contributed by atoms with Crippen LogP contribution in [0.1, 0.15) is 5.56 Å². The van der Waals surface area contributed by atoms with Crippen molar-refractivity contribution >= 4 is 44.4 Å². The van der Waals surface area contributed by atoms with Crippen LogP contribution in [0.5, 0.6) is 0 Å². The van der Waals surface area contributed by atoms with Gasteiger partial charge in [-0.15, -0.1) is 0 Å². The van der Waals surface area contributed by atoms with E-state index in [0.717, 1.165) is 11.8 Å². The standard InChI is InChI=1S/C19H17FN2O3S2/c1-27(24,25)12-11-26-19-21-17(13-14-5-3-2-4-6-14)18(23)22(19)16-9-7-15(20)8-10-16/h2-10,13H,11-12H2,1H3. The van der Waals surface area contributed by atoms with Crippen molar-refractivity contribution in [3.63, 3.8) is 0 Å². The van der Waals surface area contributed by atoms with Crippen molar-refractivity contribution < 1.29 is 17.6 Å². The Morgan fingerprint density at radius 2 is 1.78 bits per heavy atom. The summed E-state index contributed by atoms with van der Waals surface area (Å²) in [6, 6.07) is 14.8. The normalized spacial score (nSPS) is 16.1. The van der Waals surface area contributed by atoms with Gasteiger partial charge in [-0.2, -0.15) is 0 Å². The number of rotatable bonds is 5. The Kier molecular flexibility index (Phi) is 5.76. The largest absolute Gasteiger partial charge is 0.283 e. The zero-order chi connectivity index (χ0) is 19.4. The lowest BCUT2D eigenvalue weighted by atomic mass is 10.2. The van der Waals surface area contributed by atoms with E-state index in [4.69, 9.17) is 0 Å². The molecule has 5 nitrogen and oxygen atoms in total. The van der Waals surface area contributed by atoms with Gasteiger partial charge in [-0.05, 0) is 35.9 Å². The molecular weight excluding hydrogens is 387 g/mol. The average molecular weight is 404 g/mol. The molecule has 8 heteroatoms. The number of amidine groups is 1. The lowest BCUT2D eigenvalue weighted by Gasteiger charge is -2.17. The molecule has 0 radical (unpaired) electrons. The van der Waals surface area contributed by atoms with Crippen molar-refractivity contribution in [3.05, 3.63) is 71.7 Å². The molecule has 3 rings (SSSR count). The molecule has 0 bridgehead atoms. The van der Waals surface area contributed by atoms with Gasteiger partial charge in [-0.25, -0.2) is 17.8 Å². The minimum atomic E-state index is -3.12. The SMILES string of the molecule is CS(=O)(=O)CCSC1=NC(=Cc2ccccc2)C(=O)N1c1ccc(F)cc1. The second-order valence-electron chi connectivity index (χ2n) is 5.93. The van der Waals surface area contributed by atoms with Crippen LogP contribution in [0, 0.1) is 5.82 Å². The van der Waals surface area contributed by atoms with E-state index in [2.05, 4.69) is 4.99 Å². The Balaban J connectivity index is 1.92. The molecule has 0 fully saturated rings. The molecule has 1 aliphatic heterocycles. The Morgan fingerprint density at radius 1 is 1.11 bits per heavy atom. The lowest BCUT2D eigenvalue weighted by Crippen LogP contribution is -2.30. The van der Waals surface area contributed by atoms with E-state index in [1.807, 2.05) is 30.3 Å². The first-order chi connectivity index (χ1) is 12.8. The molecule has 0 saturated carbocycles. The molecule has 1 heterocycles. The van der Waals surface area contributed by atoms with Crippen molar-refractivity contribution in [3.8, 4) is 0 Å². The van der Waals surface area contributed by atoms with Crippen LogP contribution in [-0.4, -0.2) is 37.3 Å². The predicted molar refractivity (Wildman–Crippen MR) is 108 cm³/mol. The van der Waals surface area contributed by atoms with Gasteiger partial charge >= 0.3 is 0 Å². The summed E-state index contributed by atoms with van der Waals surface area (Å²) in [5.41, 5.74) is 1.54. The van der Waals surface area contributed by atoms with Crippen molar-refractivity contribution in [1.82, 2.24) is 0 Å². The van der Waals surface area contributed by atoms with Crippen LogP contribution in [0.3, 0.4) is 0 Å². The maximum absolute atomic E-state index is 13.2. The van der Waals surface area contributed by atoms with E-state index in [9.17, 15) is 17.6 Å². The monoisotopic (exact) mass is 404 g/mol. The maximum Gasteiger partial charge on any atom is 0.283 e. The van der Waals surface area contributed by atoms with Gasteiger partial charge in [0.1, 0.15) is 21.4 Å². The number of carbonyl (C=O) groups excluding carboxylic acids is 1. The number of hydrogen-bond acceptors (Lipinski definition) is 5. The molecule has 2 aromatic rings. The van der Waals surface area contributed by atoms with E-state index in [1.54, 1.807) is 6.08 Å². The van der Waals surface area contributed by atoms with E-state index in [1.165, 1.54) is 40.9 Å². The third kappa shape index (κ3) is 5.05. The van der Waals surface area contributed by atoms with Gasteiger partial charge < -0.3 is 0 Å². The number of anilines is 1. The minimum Gasteiger partial charge on any atom is -0.266 e. The van der Waals surface area contributed by atoms with Crippen molar-refractivity contribution in [2.24, 2.45) is 4.99 Å². The second kappa shape index (κ2) is 8.06. The van der Waals surface area contributed by atoms with Gasteiger partial charge in [0.2, 0.25) is 0 Å². The van der Waals surface area contributed by atoms with Gasteiger partial charge in [0.15, 0.2) is 5.17 Å². The van der Waals surface area contributed by atoms with Gasteiger partial charge in [-0.1, -0.05) is 42.1 Å². The van der Waals surface area contributed by atoms with Crippen molar-refractivity contribution in [2.75, 3.05) is 22.7 Å². The van der Waals surface area contributed by atoms with Gasteiger partial charge in [-0.3, -0.25) is 9.69 Å². The summed E-state index contributed by atoms with van der Waals surface area (Å²) in [6.07, 6.45) is 2.83. The minimum absolute atomic E-state index is 0.0279. The molecule has 0 saturated heterocycles. The molecule has 0 unspecified atom stereocenters. The van der Waals surface area contributed by atoms with Crippen LogP contribution in [0.2, 0.25) is 0 Å². The number of thioether (sulfide) groups is 1. The predicted octanol–water partition coefficient (Wildman–Crippen LogP) is 3.35. The molecule has 140 valence electrons. The van der Waals surface area contributed by atoms with E-state index in [0.29, 0.717) is 10.9 Å². The first kappa shape index (κ1) is 19.3. The molecule has 2 aromatic carbocycles. The number of sulfone groups is 1. The quantitative estimate of drug-likeness (QED) is 0.717. The summed E-state index contributed by atoms with van der Waals surface area (Å²) in [5, 5.41) is 0.373. The van der Waals surface area contributed by atoms with Gasteiger partial charge in [0, 0.05) is 12.0 Å². The van der Waals surface area contributed by atoms with E-state index in [-0.39, 0.29) is 23.1 Å². The molecule has 1 aliphatic rings. The highest BCUT2D eigenvalue weighted by Gasteiger charge is 2.32. The average Bonchev–Trinajstić information content (AvgIpc) is 2.91. The highest BCUT2D eigenvalue weighted by atomic mass is 32.2. The number of nitrogens with zero attached hydrogens (tertiary/aromatic N) is 2. The molecule has 1 amide bonds. The number of benzene rings is 2. The third-order valence-corrected chi connectivity index (χ3v) is 5.85. The van der Waals surface area contributed by atoms with Gasteiger partial charge in [0.25, 0.3) is 5.91 Å². The highest BCUT2D eigenvalue weighted by molar-refractivity contribution is 8.14. The second-order valence-corrected chi connectivity index (χ2v) is 9.25. The number of hydrogen-bond donors (Lipinski definition) is 0. The topological polar surface area (TPSA) is 66.8 Å². The molecule has 0 N–H and O–H groups in total. The van der Waals surface area contributed by atoms with Gasteiger partial charge in [0.05, 0.1) is 11.4 Å². The summed E-state index contributed by atoms with van der Waals surface area (Å²) < 4.78 is 36.0. The number of carbonyl (C=O) groups is 1. The molecule has 27 heavy (non-hydrogen) atoms. The highest BCUT2D eigenvalue weighted by Crippen LogP contribution is 2.29. The van der Waals surface area contributed by atoms with E-state index >= 15 is 0 Å². The molecule has 0 spiro atoms. The zero-order valence-corrected chi connectivity index (χ0v) is 16.1. The number of amides is 1.